The molecular weight excluding hydrogens is 340 g/mol. The van der Waals surface area contributed by atoms with Crippen LogP contribution in [-0.4, -0.2) is 26.1 Å². The van der Waals surface area contributed by atoms with Crippen LogP contribution in [0.1, 0.15) is 19.4 Å². The van der Waals surface area contributed by atoms with Crippen LogP contribution in [0.2, 0.25) is 0 Å². The molecular formula is C17H18N4OS2. The van der Waals surface area contributed by atoms with Gasteiger partial charge in [-0.05, 0) is 29.0 Å². The normalized spacial score (nSPS) is 12.5. The van der Waals surface area contributed by atoms with Crippen molar-refractivity contribution in [3.63, 3.8) is 0 Å². The Morgan fingerprint density at radius 1 is 1.33 bits per heavy atom. The number of pyridine rings is 1. The summed E-state index contributed by atoms with van der Waals surface area (Å²) >= 11 is 3.11. The summed E-state index contributed by atoms with van der Waals surface area (Å²) in [5.74, 6) is 0.205. The van der Waals surface area contributed by atoms with Crippen molar-refractivity contribution in [2.45, 2.75) is 30.7 Å². The van der Waals surface area contributed by atoms with E-state index in [2.05, 4.69) is 20.3 Å². The SMILES string of the molecule is CC(C)[C@@H](Sc1ncnc2ccsc12)C(=O)NCc1cccnc1. The number of rotatable bonds is 6. The summed E-state index contributed by atoms with van der Waals surface area (Å²) in [5, 5.41) is 5.66. The molecule has 5 nitrogen and oxygen atoms in total. The third-order valence-corrected chi connectivity index (χ3v) is 6.09. The van der Waals surface area contributed by atoms with Gasteiger partial charge in [-0.15, -0.1) is 11.3 Å². The number of nitrogens with one attached hydrogen (secondary N) is 1. The summed E-state index contributed by atoms with van der Waals surface area (Å²) in [5.41, 5.74) is 1.91. The van der Waals surface area contributed by atoms with Gasteiger partial charge in [0.05, 0.1) is 15.5 Å². The van der Waals surface area contributed by atoms with Crippen molar-refractivity contribution < 1.29 is 4.79 Å². The minimum absolute atomic E-state index is 0.0159. The molecule has 0 aliphatic rings. The Kier molecular flexibility index (Phi) is 5.42. The molecule has 0 aliphatic heterocycles. The van der Waals surface area contributed by atoms with Crippen LogP contribution in [0.5, 0.6) is 0 Å². The second-order valence-corrected chi connectivity index (χ2v) is 7.72. The number of fused-ring (bicyclic) bond motifs is 1. The Hall–Kier alpha value is -1.99. The second-order valence-electron chi connectivity index (χ2n) is 5.68. The highest BCUT2D eigenvalue weighted by Crippen LogP contribution is 2.33. The predicted octanol–water partition coefficient (Wildman–Crippen LogP) is 3.52. The van der Waals surface area contributed by atoms with E-state index in [0.717, 1.165) is 20.8 Å². The Labute approximate surface area is 148 Å². The maximum Gasteiger partial charge on any atom is 0.234 e. The molecule has 1 amide bonds. The zero-order valence-corrected chi connectivity index (χ0v) is 15.1. The van der Waals surface area contributed by atoms with E-state index in [1.807, 2.05) is 37.4 Å². The molecule has 0 saturated heterocycles. The largest absolute Gasteiger partial charge is 0.351 e. The zero-order chi connectivity index (χ0) is 16.9. The van der Waals surface area contributed by atoms with Crippen LogP contribution in [0.25, 0.3) is 10.2 Å². The summed E-state index contributed by atoms with van der Waals surface area (Å²) in [6.45, 7) is 4.58. The smallest absolute Gasteiger partial charge is 0.234 e. The van der Waals surface area contributed by atoms with Crippen molar-refractivity contribution in [1.82, 2.24) is 20.3 Å². The molecule has 1 N–H and O–H groups in total. The fourth-order valence-electron chi connectivity index (χ4n) is 2.26. The number of hydrogen-bond donors (Lipinski definition) is 1. The van der Waals surface area contributed by atoms with Crippen LogP contribution in [0.4, 0.5) is 0 Å². The lowest BCUT2D eigenvalue weighted by molar-refractivity contribution is -0.121. The number of hydrogen-bond acceptors (Lipinski definition) is 6. The van der Waals surface area contributed by atoms with Crippen molar-refractivity contribution in [2.75, 3.05) is 0 Å². The van der Waals surface area contributed by atoms with Gasteiger partial charge in [-0.2, -0.15) is 0 Å². The number of carbonyl (C=O) groups excluding carboxylic acids is 1. The first-order chi connectivity index (χ1) is 11.6. The van der Waals surface area contributed by atoms with Crippen molar-refractivity contribution in [3.8, 4) is 0 Å². The van der Waals surface area contributed by atoms with Crippen molar-refractivity contribution in [2.24, 2.45) is 5.92 Å². The van der Waals surface area contributed by atoms with E-state index in [-0.39, 0.29) is 17.1 Å². The first kappa shape index (κ1) is 16.9. The van der Waals surface area contributed by atoms with Gasteiger partial charge >= 0.3 is 0 Å². The van der Waals surface area contributed by atoms with Crippen LogP contribution in [-0.2, 0) is 11.3 Å². The Bertz CT molecular complexity index is 820. The fourth-order valence-corrected chi connectivity index (χ4v) is 4.29. The molecule has 0 unspecified atom stereocenters. The number of aromatic nitrogens is 3. The lowest BCUT2D eigenvalue weighted by Gasteiger charge is -2.19. The van der Waals surface area contributed by atoms with Crippen LogP contribution < -0.4 is 5.32 Å². The Morgan fingerprint density at radius 2 is 2.21 bits per heavy atom. The first-order valence-electron chi connectivity index (χ1n) is 7.66. The summed E-state index contributed by atoms with van der Waals surface area (Å²) in [7, 11) is 0. The number of nitrogens with zero attached hydrogens (tertiary/aromatic N) is 3. The van der Waals surface area contributed by atoms with Gasteiger partial charge in [-0.25, -0.2) is 9.97 Å². The predicted molar refractivity (Wildman–Crippen MR) is 98.0 cm³/mol. The number of thiophene rings is 1. The third-order valence-electron chi connectivity index (χ3n) is 3.50. The Balaban J connectivity index is 1.72. The molecule has 0 fully saturated rings. The molecule has 3 rings (SSSR count). The van der Waals surface area contributed by atoms with Gasteiger partial charge in [0.25, 0.3) is 0 Å². The molecule has 0 radical (unpaired) electrons. The number of carbonyl (C=O) groups is 1. The van der Waals surface area contributed by atoms with E-state index in [1.54, 1.807) is 30.1 Å². The third kappa shape index (κ3) is 3.91. The van der Waals surface area contributed by atoms with Crippen LogP contribution in [0, 0.1) is 5.92 Å². The summed E-state index contributed by atoms with van der Waals surface area (Å²) in [6, 6.07) is 5.79. The highest BCUT2D eigenvalue weighted by molar-refractivity contribution is 8.00. The molecule has 0 aromatic carbocycles. The summed E-state index contributed by atoms with van der Waals surface area (Å²) in [4.78, 5) is 25.3. The van der Waals surface area contributed by atoms with E-state index in [0.29, 0.717) is 6.54 Å². The molecule has 0 bridgehead atoms. The molecule has 3 aromatic heterocycles. The van der Waals surface area contributed by atoms with E-state index in [9.17, 15) is 4.79 Å². The topological polar surface area (TPSA) is 67.8 Å². The monoisotopic (exact) mass is 358 g/mol. The van der Waals surface area contributed by atoms with E-state index in [4.69, 9.17) is 0 Å². The van der Waals surface area contributed by atoms with Gasteiger partial charge in [-0.1, -0.05) is 31.7 Å². The molecule has 3 aromatic rings. The molecule has 124 valence electrons. The molecule has 1 atom stereocenters. The average molecular weight is 358 g/mol. The molecule has 7 heteroatoms. The fraction of sp³-hybridized carbons (Fsp3) is 0.294. The zero-order valence-electron chi connectivity index (χ0n) is 13.5. The summed E-state index contributed by atoms with van der Waals surface area (Å²) < 4.78 is 1.04. The Morgan fingerprint density at radius 3 is 2.96 bits per heavy atom. The van der Waals surface area contributed by atoms with Crippen molar-refractivity contribution in [1.29, 1.82) is 0 Å². The van der Waals surface area contributed by atoms with E-state index < -0.39 is 0 Å². The van der Waals surface area contributed by atoms with Crippen molar-refractivity contribution >= 4 is 39.2 Å². The minimum atomic E-state index is -0.207. The molecule has 3 heterocycles. The summed E-state index contributed by atoms with van der Waals surface area (Å²) in [6.07, 6.45) is 5.04. The number of amides is 1. The number of thioether (sulfide) groups is 1. The molecule has 0 spiro atoms. The van der Waals surface area contributed by atoms with Crippen molar-refractivity contribution in [3.05, 3.63) is 47.9 Å². The quantitative estimate of drug-likeness (QED) is 0.539. The van der Waals surface area contributed by atoms with Gasteiger partial charge in [0.2, 0.25) is 5.91 Å². The highest BCUT2D eigenvalue weighted by Gasteiger charge is 2.25. The van der Waals surface area contributed by atoms with Crippen LogP contribution in [0.15, 0.2) is 47.3 Å². The minimum Gasteiger partial charge on any atom is -0.351 e. The second kappa shape index (κ2) is 7.72. The van der Waals surface area contributed by atoms with E-state index >= 15 is 0 Å². The van der Waals surface area contributed by atoms with Gasteiger partial charge in [0.1, 0.15) is 11.4 Å². The lowest BCUT2D eigenvalue weighted by atomic mass is 10.1. The highest BCUT2D eigenvalue weighted by atomic mass is 32.2. The van der Waals surface area contributed by atoms with Crippen LogP contribution >= 0.6 is 23.1 Å². The molecule has 0 aliphatic carbocycles. The standard InChI is InChI=1S/C17H18N4OS2/c1-11(2)14(16(22)19-9-12-4-3-6-18-8-12)24-17-15-13(5-7-23-15)20-10-21-17/h3-8,10-11,14H,9H2,1-2H3,(H,19,22)/t14-/m1/s1. The first-order valence-corrected chi connectivity index (χ1v) is 9.42. The molecule has 24 heavy (non-hydrogen) atoms. The average Bonchev–Trinajstić information content (AvgIpc) is 3.07. The van der Waals surface area contributed by atoms with Crippen LogP contribution in [0.3, 0.4) is 0 Å². The lowest BCUT2D eigenvalue weighted by Crippen LogP contribution is -2.35. The van der Waals surface area contributed by atoms with Gasteiger partial charge in [-0.3, -0.25) is 9.78 Å². The maximum atomic E-state index is 12.6. The molecule has 0 saturated carbocycles. The van der Waals surface area contributed by atoms with Gasteiger partial charge in [0.15, 0.2) is 0 Å². The van der Waals surface area contributed by atoms with Gasteiger partial charge in [0, 0.05) is 18.9 Å². The van der Waals surface area contributed by atoms with E-state index in [1.165, 1.54) is 11.8 Å². The maximum absolute atomic E-state index is 12.6. The van der Waals surface area contributed by atoms with Gasteiger partial charge < -0.3 is 5.32 Å².